The van der Waals surface area contributed by atoms with Gasteiger partial charge in [-0.05, 0) is 48.9 Å². The lowest BCUT2D eigenvalue weighted by Crippen LogP contribution is -2.26. The normalized spacial score (nSPS) is 10.5. The van der Waals surface area contributed by atoms with E-state index >= 15 is 0 Å². The summed E-state index contributed by atoms with van der Waals surface area (Å²) in [5, 5.41) is 4.01. The number of benzene rings is 2. The summed E-state index contributed by atoms with van der Waals surface area (Å²) >= 11 is 0. The van der Waals surface area contributed by atoms with Crippen LogP contribution in [0.1, 0.15) is 29.6 Å². The van der Waals surface area contributed by atoms with Gasteiger partial charge in [0.2, 0.25) is 11.7 Å². The van der Waals surface area contributed by atoms with E-state index in [1.165, 1.54) is 4.90 Å². The highest BCUT2D eigenvalue weighted by molar-refractivity contribution is 5.94. The van der Waals surface area contributed by atoms with Crippen LogP contribution in [-0.2, 0) is 6.54 Å². The number of hydrogen-bond acceptors (Lipinski definition) is 7. The van der Waals surface area contributed by atoms with Gasteiger partial charge < -0.3 is 23.6 Å². The first-order valence-corrected chi connectivity index (χ1v) is 9.59. The van der Waals surface area contributed by atoms with Crippen molar-refractivity contribution >= 4 is 5.91 Å². The van der Waals surface area contributed by atoms with E-state index in [4.69, 9.17) is 18.7 Å². The van der Waals surface area contributed by atoms with Crippen LogP contribution in [0.5, 0.6) is 17.2 Å². The molecule has 30 heavy (non-hydrogen) atoms. The van der Waals surface area contributed by atoms with Crippen molar-refractivity contribution in [2.45, 2.75) is 19.9 Å². The molecule has 0 spiro atoms. The van der Waals surface area contributed by atoms with Gasteiger partial charge in [0.25, 0.3) is 5.91 Å². The van der Waals surface area contributed by atoms with Crippen LogP contribution in [0.25, 0.3) is 11.4 Å². The SMILES string of the molecule is CCCOc1ccc(C(=O)N(C)Cc2nc(-c3ccc(OC)c(OC)c3)no2)cc1. The summed E-state index contributed by atoms with van der Waals surface area (Å²) in [6.45, 7) is 2.88. The van der Waals surface area contributed by atoms with Crippen molar-refractivity contribution in [2.24, 2.45) is 0 Å². The van der Waals surface area contributed by atoms with Crippen molar-refractivity contribution in [3.63, 3.8) is 0 Å². The number of aromatic nitrogens is 2. The fourth-order valence-corrected chi connectivity index (χ4v) is 2.82. The summed E-state index contributed by atoms with van der Waals surface area (Å²) in [6, 6.07) is 12.4. The lowest BCUT2D eigenvalue weighted by Gasteiger charge is -2.15. The molecule has 0 aliphatic heterocycles. The van der Waals surface area contributed by atoms with Gasteiger partial charge in [0, 0.05) is 18.2 Å². The Balaban J connectivity index is 1.67. The van der Waals surface area contributed by atoms with Crippen LogP contribution in [0.3, 0.4) is 0 Å². The molecule has 158 valence electrons. The third-order valence-corrected chi connectivity index (χ3v) is 4.40. The number of ether oxygens (including phenoxy) is 3. The molecule has 3 aromatic rings. The third-order valence-electron chi connectivity index (χ3n) is 4.40. The highest BCUT2D eigenvalue weighted by Crippen LogP contribution is 2.31. The number of rotatable bonds is 9. The molecule has 0 N–H and O–H groups in total. The summed E-state index contributed by atoms with van der Waals surface area (Å²) in [7, 11) is 4.82. The second-order valence-corrected chi connectivity index (χ2v) is 6.62. The maximum atomic E-state index is 12.7. The van der Waals surface area contributed by atoms with Gasteiger partial charge in [0.05, 0.1) is 27.4 Å². The first-order chi connectivity index (χ1) is 14.5. The topological polar surface area (TPSA) is 86.9 Å². The Bertz CT molecular complexity index is 985. The van der Waals surface area contributed by atoms with E-state index in [0.29, 0.717) is 35.4 Å². The fraction of sp³-hybridized carbons (Fsp3) is 0.318. The monoisotopic (exact) mass is 411 g/mol. The molecule has 0 radical (unpaired) electrons. The zero-order chi connectivity index (χ0) is 21.5. The van der Waals surface area contributed by atoms with E-state index in [9.17, 15) is 4.79 Å². The maximum absolute atomic E-state index is 12.7. The molecular formula is C22H25N3O5. The largest absolute Gasteiger partial charge is 0.494 e. The molecule has 0 saturated heterocycles. The minimum absolute atomic E-state index is 0.150. The summed E-state index contributed by atoms with van der Waals surface area (Å²) in [4.78, 5) is 18.6. The van der Waals surface area contributed by atoms with Gasteiger partial charge >= 0.3 is 0 Å². The second kappa shape index (κ2) is 9.78. The molecule has 8 heteroatoms. The number of methoxy groups -OCH3 is 2. The minimum Gasteiger partial charge on any atom is -0.494 e. The highest BCUT2D eigenvalue weighted by Gasteiger charge is 2.17. The number of nitrogens with zero attached hydrogens (tertiary/aromatic N) is 3. The fourth-order valence-electron chi connectivity index (χ4n) is 2.82. The van der Waals surface area contributed by atoms with Gasteiger partial charge in [-0.15, -0.1) is 0 Å². The highest BCUT2D eigenvalue weighted by atomic mass is 16.5. The van der Waals surface area contributed by atoms with Crippen LogP contribution >= 0.6 is 0 Å². The lowest BCUT2D eigenvalue weighted by atomic mass is 10.2. The van der Waals surface area contributed by atoms with Gasteiger partial charge in [-0.3, -0.25) is 4.79 Å². The predicted molar refractivity (Wildman–Crippen MR) is 111 cm³/mol. The van der Waals surface area contributed by atoms with Crippen molar-refractivity contribution in [1.82, 2.24) is 15.0 Å². The van der Waals surface area contributed by atoms with Crippen molar-refractivity contribution < 1.29 is 23.5 Å². The summed E-state index contributed by atoms with van der Waals surface area (Å²) in [5.74, 6) is 2.51. The molecule has 0 saturated carbocycles. The van der Waals surface area contributed by atoms with Crippen molar-refractivity contribution in [1.29, 1.82) is 0 Å². The van der Waals surface area contributed by atoms with Gasteiger partial charge in [-0.25, -0.2) is 0 Å². The van der Waals surface area contributed by atoms with E-state index in [2.05, 4.69) is 10.1 Å². The van der Waals surface area contributed by atoms with E-state index in [-0.39, 0.29) is 12.5 Å². The van der Waals surface area contributed by atoms with Crippen molar-refractivity contribution in [3.05, 3.63) is 53.9 Å². The van der Waals surface area contributed by atoms with Gasteiger partial charge in [-0.2, -0.15) is 4.98 Å². The quantitative estimate of drug-likeness (QED) is 0.529. The van der Waals surface area contributed by atoms with Gasteiger partial charge in [0.15, 0.2) is 11.5 Å². The smallest absolute Gasteiger partial charge is 0.254 e. The predicted octanol–water partition coefficient (Wildman–Crippen LogP) is 3.81. The number of carbonyl (C=O) groups is 1. The van der Waals surface area contributed by atoms with E-state index in [0.717, 1.165) is 17.7 Å². The zero-order valence-electron chi connectivity index (χ0n) is 17.5. The van der Waals surface area contributed by atoms with E-state index in [1.54, 1.807) is 57.7 Å². The average molecular weight is 411 g/mol. The van der Waals surface area contributed by atoms with Crippen LogP contribution in [0.2, 0.25) is 0 Å². The summed E-state index contributed by atoms with van der Waals surface area (Å²) in [6.07, 6.45) is 0.929. The zero-order valence-corrected chi connectivity index (χ0v) is 17.5. The van der Waals surface area contributed by atoms with Gasteiger partial charge in [-0.1, -0.05) is 12.1 Å². The van der Waals surface area contributed by atoms with Crippen molar-refractivity contribution in [3.8, 4) is 28.6 Å². The standard InChI is InChI=1S/C22H25N3O5/c1-5-12-29-17-9-6-15(7-10-17)22(26)25(2)14-20-23-21(24-30-20)16-8-11-18(27-3)19(13-16)28-4/h6-11,13H,5,12,14H2,1-4H3. The molecule has 0 atom stereocenters. The number of hydrogen-bond donors (Lipinski definition) is 0. The molecule has 3 rings (SSSR count). The molecule has 8 nitrogen and oxygen atoms in total. The third kappa shape index (κ3) is 4.89. The number of amides is 1. The molecule has 1 aromatic heterocycles. The Hall–Kier alpha value is -3.55. The Kier molecular flexibility index (Phi) is 6.90. The van der Waals surface area contributed by atoms with Crippen LogP contribution < -0.4 is 14.2 Å². The molecule has 2 aromatic carbocycles. The van der Waals surface area contributed by atoms with E-state index in [1.807, 2.05) is 13.0 Å². The second-order valence-electron chi connectivity index (χ2n) is 6.62. The Morgan fingerprint density at radius 2 is 1.80 bits per heavy atom. The van der Waals surface area contributed by atoms with Gasteiger partial charge in [0.1, 0.15) is 5.75 Å². The average Bonchev–Trinajstić information content (AvgIpc) is 3.25. The Labute approximate surface area is 175 Å². The minimum atomic E-state index is -0.150. The van der Waals surface area contributed by atoms with Crippen LogP contribution in [0.15, 0.2) is 47.0 Å². The molecule has 1 heterocycles. The molecule has 0 unspecified atom stereocenters. The summed E-state index contributed by atoms with van der Waals surface area (Å²) < 4.78 is 21.4. The first kappa shape index (κ1) is 21.2. The molecule has 0 fully saturated rings. The van der Waals surface area contributed by atoms with Crippen LogP contribution in [0, 0.1) is 0 Å². The molecule has 1 amide bonds. The Morgan fingerprint density at radius 3 is 2.47 bits per heavy atom. The molecule has 0 aliphatic carbocycles. The van der Waals surface area contributed by atoms with Crippen LogP contribution in [-0.4, -0.2) is 48.8 Å². The van der Waals surface area contributed by atoms with Crippen molar-refractivity contribution in [2.75, 3.05) is 27.9 Å². The lowest BCUT2D eigenvalue weighted by molar-refractivity contribution is 0.0769. The first-order valence-electron chi connectivity index (χ1n) is 9.59. The molecular weight excluding hydrogens is 386 g/mol. The molecule has 0 aliphatic rings. The maximum Gasteiger partial charge on any atom is 0.254 e. The summed E-state index contributed by atoms with van der Waals surface area (Å²) in [5.41, 5.74) is 1.28. The molecule has 0 bridgehead atoms. The van der Waals surface area contributed by atoms with Crippen LogP contribution in [0.4, 0.5) is 0 Å². The van der Waals surface area contributed by atoms with E-state index < -0.39 is 0 Å². The Morgan fingerprint density at radius 1 is 1.07 bits per heavy atom. The number of carbonyl (C=O) groups excluding carboxylic acids is 1.